The van der Waals surface area contributed by atoms with Gasteiger partial charge in [-0.2, -0.15) is 18.2 Å². The summed E-state index contributed by atoms with van der Waals surface area (Å²) in [5, 5.41) is 7.54. The standard InChI is InChI=1S/C68H54N4OSi.Pt/c1-67(2,3)48-32-37-53(38-33-48)74(54-39-34-49(35-40-54)68(4,5)6)62-30-17-27-58-57-41-36-52(44-61(57)72(65(58)62)66-63(74)31-18-42-69-66)73-51-24-15-23-50(43-51)70-45-71(60-29-14-13-28-59(60)70)64-55(46-19-9-7-10-20-46)25-16-26-56(64)47-21-11-8-12-22-47;/h7-42H,1-6H3;/q-2;. The molecule has 0 unspecified atom stereocenters. The van der Waals surface area contributed by atoms with Gasteiger partial charge in [-0.3, -0.25) is 4.57 Å². The number of fused-ring (bicyclic) bond motifs is 6. The van der Waals surface area contributed by atoms with Crippen LogP contribution in [-0.2, 0) is 31.9 Å². The van der Waals surface area contributed by atoms with Crippen molar-refractivity contribution in [1.82, 2.24) is 14.1 Å². The van der Waals surface area contributed by atoms with Gasteiger partial charge in [0, 0.05) is 44.3 Å². The predicted octanol–water partition coefficient (Wildman–Crippen LogP) is 13.2. The van der Waals surface area contributed by atoms with E-state index in [0.29, 0.717) is 11.5 Å². The van der Waals surface area contributed by atoms with Crippen LogP contribution in [0, 0.1) is 18.5 Å². The SMILES string of the molecule is CC(C)(C)c1ccc([Si]2(c3ccc(C(C)(C)C)cc3)c3cccnc3-n3c4[c-]c(Oc5[c-]c(-n6[c-][n+](-c7c(-c8ccccc8)cccc7-c7ccccc7)c7ccccc76)ccc5)ccc4c4cccc2c43)cc1.[Pt]. The van der Waals surface area contributed by atoms with Crippen LogP contribution in [-0.4, -0.2) is 22.2 Å². The Kier molecular flexibility index (Phi) is 11.9. The summed E-state index contributed by atoms with van der Waals surface area (Å²) in [6.07, 6.45) is 5.72. The van der Waals surface area contributed by atoms with Crippen LogP contribution in [0.3, 0.4) is 0 Å². The van der Waals surface area contributed by atoms with Crippen LogP contribution in [0.4, 0.5) is 0 Å². The van der Waals surface area contributed by atoms with Crippen molar-refractivity contribution in [3.63, 3.8) is 0 Å². The zero-order chi connectivity index (χ0) is 50.3. The molecule has 13 rings (SSSR count). The maximum absolute atomic E-state index is 6.82. The van der Waals surface area contributed by atoms with Crippen LogP contribution in [0.15, 0.2) is 219 Å². The molecule has 9 aromatic carbocycles. The van der Waals surface area contributed by atoms with E-state index in [-0.39, 0.29) is 31.9 Å². The van der Waals surface area contributed by atoms with Gasteiger partial charge >= 0.3 is 0 Å². The molecule has 0 aliphatic carbocycles. The number of benzene rings is 9. The van der Waals surface area contributed by atoms with E-state index in [0.717, 1.165) is 61.4 Å². The topological polar surface area (TPSA) is 35.9 Å². The molecule has 0 N–H and O–H groups in total. The quantitative estimate of drug-likeness (QED) is 0.0863. The second-order valence-corrected chi connectivity index (χ2v) is 25.3. The molecule has 3 aromatic heterocycles. The van der Waals surface area contributed by atoms with Gasteiger partial charge in [0.2, 0.25) is 0 Å². The van der Waals surface area contributed by atoms with Crippen LogP contribution in [0.25, 0.3) is 72.3 Å². The molecule has 0 saturated carbocycles. The van der Waals surface area contributed by atoms with E-state index in [1.165, 1.54) is 42.8 Å². The first-order valence-corrected chi connectivity index (χ1v) is 27.5. The van der Waals surface area contributed by atoms with Crippen molar-refractivity contribution in [2.45, 2.75) is 52.4 Å². The van der Waals surface area contributed by atoms with Crippen LogP contribution in [0.2, 0.25) is 0 Å². The molecule has 75 heavy (non-hydrogen) atoms. The Morgan fingerprint density at radius 3 is 1.72 bits per heavy atom. The van der Waals surface area contributed by atoms with Gasteiger partial charge in [0.25, 0.3) is 6.33 Å². The first-order chi connectivity index (χ1) is 36.0. The molecular weight excluding hydrogens is 1110 g/mol. The second kappa shape index (κ2) is 18.5. The Morgan fingerprint density at radius 1 is 0.507 bits per heavy atom. The van der Waals surface area contributed by atoms with Gasteiger partial charge in [-0.1, -0.05) is 223 Å². The smallest absolute Gasteiger partial charge is 0.268 e. The number of rotatable bonds is 8. The third-order valence-electron chi connectivity index (χ3n) is 15.1. The minimum atomic E-state index is -2.97. The van der Waals surface area contributed by atoms with Crippen LogP contribution in [0.1, 0.15) is 52.7 Å². The summed E-state index contributed by atoms with van der Waals surface area (Å²) in [5.74, 6) is 2.10. The molecule has 0 bridgehead atoms. The van der Waals surface area contributed by atoms with Crippen molar-refractivity contribution in [3.05, 3.63) is 248 Å². The summed E-state index contributed by atoms with van der Waals surface area (Å²) < 4.78 is 13.5. The monoisotopic (exact) mass is 1170 g/mol. The fourth-order valence-corrected chi connectivity index (χ4v) is 16.4. The summed E-state index contributed by atoms with van der Waals surface area (Å²) in [7, 11) is -2.97. The van der Waals surface area contributed by atoms with Gasteiger partial charge in [0.05, 0.1) is 16.7 Å². The number of nitrogens with zero attached hydrogens (tertiary/aromatic N) is 4. The molecule has 5 nitrogen and oxygen atoms in total. The summed E-state index contributed by atoms with van der Waals surface area (Å²) in [5.41, 5.74) is 13.1. The summed E-state index contributed by atoms with van der Waals surface area (Å²) in [6, 6.07) is 84.2. The molecule has 4 heterocycles. The number of imidazole rings is 1. The van der Waals surface area contributed by atoms with Gasteiger partial charge in [-0.05, 0) is 82.1 Å². The molecule has 0 saturated heterocycles. The average molecular weight is 1170 g/mol. The molecule has 0 fully saturated rings. The largest absolute Gasteiger partial charge is 0.510 e. The number of para-hydroxylation sites is 4. The van der Waals surface area contributed by atoms with Crippen molar-refractivity contribution in [3.8, 4) is 50.9 Å². The molecule has 1 aliphatic rings. The zero-order valence-electron chi connectivity index (χ0n) is 42.8. The number of pyridine rings is 1. The molecule has 0 spiro atoms. The van der Waals surface area contributed by atoms with Crippen LogP contribution < -0.4 is 30.1 Å². The maximum Gasteiger partial charge on any atom is 0.268 e. The van der Waals surface area contributed by atoms with Crippen LogP contribution in [0.5, 0.6) is 11.5 Å². The molecule has 12 aromatic rings. The fourth-order valence-electron chi connectivity index (χ4n) is 11.4. The van der Waals surface area contributed by atoms with Crippen molar-refractivity contribution in [1.29, 1.82) is 0 Å². The molecule has 1 aliphatic heterocycles. The van der Waals surface area contributed by atoms with Gasteiger partial charge in [0.15, 0.2) is 8.07 Å². The van der Waals surface area contributed by atoms with Crippen molar-refractivity contribution in [2.75, 3.05) is 0 Å². The minimum Gasteiger partial charge on any atom is -0.510 e. The first-order valence-electron chi connectivity index (χ1n) is 25.5. The maximum atomic E-state index is 6.82. The third-order valence-corrected chi connectivity index (χ3v) is 19.9. The number of hydrogen-bond acceptors (Lipinski definition) is 2. The molecule has 368 valence electrons. The molecular formula is C68H54N4OPtSi-2. The number of aromatic nitrogens is 4. The number of hydrogen-bond donors (Lipinski definition) is 0. The molecule has 7 heteroatoms. The van der Waals surface area contributed by atoms with E-state index in [4.69, 9.17) is 9.72 Å². The van der Waals surface area contributed by atoms with E-state index < -0.39 is 8.07 Å². The Morgan fingerprint density at radius 2 is 1.08 bits per heavy atom. The third kappa shape index (κ3) is 7.93. The minimum absolute atomic E-state index is 0. The summed E-state index contributed by atoms with van der Waals surface area (Å²) in [4.78, 5) is 5.30. The second-order valence-electron chi connectivity index (χ2n) is 21.6. The fraction of sp³-hybridized carbons (Fsp3) is 0.118. The summed E-state index contributed by atoms with van der Waals surface area (Å²) in [6.45, 7) is 13.7. The summed E-state index contributed by atoms with van der Waals surface area (Å²) >= 11 is 0. The van der Waals surface area contributed by atoms with E-state index in [9.17, 15) is 0 Å². The molecule has 0 amide bonds. The van der Waals surface area contributed by atoms with Crippen LogP contribution >= 0.6 is 0 Å². The predicted molar refractivity (Wildman–Crippen MR) is 305 cm³/mol. The average Bonchev–Trinajstić information content (AvgIpc) is 3.99. The Hall–Kier alpha value is -7.89. The molecule has 0 atom stereocenters. The Balaban J connectivity index is 0.00000569. The van der Waals surface area contributed by atoms with Crippen molar-refractivity contribution >= 4 is 61.7 Å². The van der Waals surface area contributed by atoms with Gasteiger partial charge in [-0.15, -0.1) is 29.7 Å². The zero-order valence-corrected chi connectivity index (χ0v) is 46.1. The van der Waals surface area contributed by atoms with E-state index in [2.05, 4.69) is 268 Å². The Labute approximate surface area is 454 Å². The number of ether oxygens (including phenoxy) is 1. The normalized spacial score (nSPS) is 12.9. The van der Waals surface area contributed by atoms with E-state index in [1.807, 2.05) is 24.4 Å². The van der Waals surface area contributed by atoms with Gasteiger partial charge in [0.1, 0.15) is 5.82 Å². The van der Waals surface area contributed by atoms with E-state index >= 15 is 0 Å². The Bertz CT molecular complexity index is 3990. The van der Waals surface area contributed by atoms with Crippen molar-refractivity contribution in [2.24, 2.45) is 0 Å². The van der Waals surface area contributed by atoms with Gasteiger partial charge < -0.3 is 13.9 Å². The van der Waals surface area contributed by atoms with Crippen molar-refractivity contribution < 1.29 is 30.4 Å². The molecule has 0 radical (unpaired) electrons. The first kappa shape index (κ1) is 48.1. The van der Waals surface area contributed by atoms with E-state index in [1.54, 1.807) is 0 Å². The van der Waals surface area contributed by atoms with Gasteiger partial charge in [-0.25, -0.2) is 4.98 Å².